The van der Waals surface area contributed by atoms with Crippen molar-refractivity contribution in [1.82, 2.24) is 4.98 Å². The standard InChI is InChI=1S/C28H23N3O3S3/c32-26(18-9-8-10-19(17-18)31-37(33,34)20-11-2-1-3-12-20)30-28-25(21-13-4-6-15-23(21)35-28)27-29-22-14-5-7-16-24(22)36-27/h1-3,5,7-12,14,16-17,31H,4,6,13,15H2,(H,30,32). The number of sulfonamides is 1. The number of hydrogen-bond donors (Lipinski definition) is 2. The van der Waals surface area contributed by atoms with E-state index in [2.05, 4.69) is 16.1 Å². The van der Waals surface area contributed by atoms with E-state index >= 15 is 0 Å². The molecule has 6 nitrogen and oxygen atoms in total. The summed E-state index contributed by atoms with van der Waals surface area (Å²) in [6.07, 6.45) is 4.25. The number of para-hydroxylation sites is 1. The van der Waals surface area contributed by atoms with Crippen LogP contribution in [-0.2, 0) is 22.9 Å². The highest BCUT2D eigenvalue weighted by atomic mass is 32.2. The Kier molecular flexibility index (Phi) is 6.27. The summed E-state index contributed by atoms with van der Waals surface area (Å²) in [7, 11) is -3.76. The van der Waals surface area contributed by atoms with E-state index in [1.165, 1.54) is 22.6 Å². The Bertz CT molecular complexity index is 1690. The number of anilines is 2. The molecule has 0 bridgehead atoms. The Labute approximate surface area is 223 Å². The highest BCUT2D eigenvalue weighted by Crippen LogP contribution is 2.46. The summed E-state index contributed by atoms with van der Waals surface area (Å²) in [5.74, 6) is -0.290. The van der Waals surface area contributed by atoms with E-state index in [0.717, 1.165) is 51.5 Å². The van der Waals surface area contributed by atoms with Gasteiger partial charge in [0.2, 0.25) is 0 Å². The number of amides is 1. The Balaban J connectivity index is 1.31. The number of fused-ring (bicyclic) bond motifs is 2. The van der Waals surface area contributed by atoms with Crippen molar-refractivity contribution in [3.05, 3.63) is 94.9 Å². The van der Waals surface area contributed by atoms with Crippen molar-refractivity contribution in [2.45, 2.75) is 30.6 Å². The van der Waals surface area contributed by atoms with Crippen LogP contribution in [0.4, 0.5) is 10.7 Å². The third-order valence-electron chi connectivity index (χ3n) is 6.34. The Morgan fingerprint density at radius 1 is 0.865 bits per heavy atom. The van der Waals surface area contributed by atoms with Crippen LogP contribution in [-0.4, -0.2) is 19.3 Å². The van der Waals surface area contributed by atoms with E-state index in [1.807, 2.05) is 18.2 Å². The summed E-state index contributed by atoms with van der Waals surface area (Å²) in [5.41, 5.74) is 3.96. The number of aryl methyl sites for hydroxylation is 1. The number of carbonyl (C=O) groups excluding carboxylic acids is 1. The van der Waals surface area contributed by atoms with Crippen LogP contribution in [0.2, 0.25) is 0 Å². The van der Waals surface area contributed by atoms with Crippen molar-refractivity contribution in [3.63, 3.8) is 0 Å². The molecule has 1 amide bonds. The van der Waals surface area contributed by atoms with Gasteiger partial charge in [0.1, 0.15) is 10.0 Å². The molecule has 1 aliphatic carbocycles. The molecule has 186 valence electrons. The largest absolute Gasteiger partial charge is 0.313 e. The molecule has 0 radical (unpaired) electrons. The Morgan fingerprint density at radius 3 is 2.49 bits per heavy atom. The quantitative estimate of drug-likeness (QED) is 0.242. The van der Waals surface area contributed by atoms with Gasteiger partial charge in [0, 0.05) is 21.7 Å². The van der Waals surface area contributed by atoms with Gasteiger partial charge in [-0.3, -0.25) is 9.52 Å². The average Bonchev–Trinajstić information content (AvgIpc) is 3.49. The molecule has 2 heterocycles. The molecule has 0 saturated heterocycles. The smallest absolute Gasteiger partial charge is 0.261 e. The second-order valence-electron chi connectivity index (χ2n) is 8.86. The molecule has 2 aromatic heterocycles. The molecular formula is C28H23N3O3S3. The molecule has 5 aromatic rings. The van der Waals surface area contributed by atoms with Crippen LogP contribution >= 0.6 is 22.7 Å². The zero-order valence-electron chi connectivity index (χ0n) is 19.7. The van der Waals surface area contributed by atoms with Gasteiger partial charge in [0.15, 0.2) is 0 Å². The second kappa shape index (κ2) is 9.74. The molecule has 9 heteroatoms. The Hall–Kier alpha value is -3.53. The maximum atomic E-state index is 13.4. The number of hydrogen-bond acceptors (Lipinski definition) is 6. The molecule has 0 spiro atoms. The molecule has 0 atom stereocenters. The summed E-state index contributed by atoms with van der Waals surface area (Å²) in [4.78, 5) is 19.7. The van der Waals surface area contributed by atoms with Crippen molar-refractivity contribution >= 4 is 59.5 Å². The molecule has 0 saturated carbocycles. The van der Waals surface area contributed by atoms with Gasteiger partial charge < -0.3 is 5.32 Å². The van der Waals surface area contributed by atoms with Crippen molar-refractivity contribution in [1.29, 1.82) is 0 Å². The van der Waals surface area contributed by atoms with Crippen LogP contribution in [0.25, 0.3) is 20.8 Å². The van der Waals surface area contributed by atoms with Crippen molar-refractivity contribution in [3.8, 4) is 10.6 Å². The van der Waals surface area contributed by atoms with Crippen LogP contribution in [0.3, 0.4) is 0 Å². The maximum absolute atomic E-state index is 13.4. The lowest BCUT2D eigenvalue weighted by Crippen LogP contribution is -2.15. The fourth-order valence-corrected chi connectivity index (χ4v) is 8.04. The van der Waals surface area contributed by atoms with Gasteiger partial charge in [0.25, 0.3) is 15.9 Å². The van der Waals surface area contributed by atoms with Crippen LogP contribution in [0.5, 0.6) is 0 Å². The monoisotopic (exact) mass is 545 g/mol. The summed E-state index contributed by atoms with van der Waals surface area (Å²) in [6.45, 7) is 0. The van der Waals surface area contributed by atoms with E-state index in [1.54, 1.807) is 65.1 Å². The molecule has 0 unspecified atom stereocenters. The number of rotatable bonds is 6. The second-order valence-corrected chi connectivity index (χ2v) is 12.7. The highest BCUT2D eigenvalue weighted by molar-refractivity contribution is 7.92. The topological polar surface area (TPSA) is 88.2 Å². The number of thiophene rings is 1. The lowest BCUT2D eigenvalue weighted by molar-refractivity contribution is 0.102. The van der Waals surface area contributed by atoms with Gasteiger partial charge in [-0.05, 0) is 73.7 Å². The average molecular weight is 546 g/mol. The lowest BCUT2D eigenvalue weighted by atomic mass is 9.95. The fourth-order valence-electron chi connectivity index (χ4n) is 4.57. The first kappa shape index (κ1) is 23.8. The minimum Gasteiger partial charge on any atom is -0.313 e. The molecule has 2 N–H and O–H groups in total. The third-order valence-corrected chi connectivity index (χ3v) is 9.99. The van der Waals surface area contributed by atoms with Crippen LogP contribution in [0.1, 0.15) is 33.6 Å². The molecular weight excluding hydrogens is 523 g/mol. The lowest BCUT2D eigenvalue weighted by Gasteiger charge is -2.12. The zero-order chi connectivity index (χ0) is 25.4. The number of benzene rings is 3. The molecule has 1 aliphatic rings. The highest BCUT2D eigenvalue weighted by Gasteiger charge is 2.25. The number of aromatic nitrogens is 1. The van der Waals surface area contributed by atoms with Crippen LogP contribution < -0.4 is 10.0 Å². The van der Waals surface area contributed by atoms with Crippen molar-refractivity contribution in [2.24, 2.45) is 0 Å². The van der Waals surface area contributed by atoms with Gasteiger partial charge >= 0.3 is 0 Å². The van der Waals surface area contributed by atoms with Gasteiger partial charge in [0.05, 0.1) is 15.1 Å². The van der Waals surface area contributed by atoms with Crippen LogP contribution in [0, 0.1) is 0 Å². The third kappa shape index (κ3) is 4.77. The van der Waals surface area contributed by atoms with Gasteiger partial charge in [-0.2, -0.15) is 0 Å². The maximum Gasteiger partial charge on any atom is 0.261 e. The van der Waals surface area contributed by atoms with E-state index < -0.39 is 10.0 Å². The molecule has 6 rings (SSSR count). The SMILES string of the molecule is O=C(Nc1sc2c(c1-c1nc3ccccc3s1)CCCC2)c1cccc(NS(=O)(=O)c2ccccc2)c1. The van der Waals surface area contributed by atoms with Gasteiger partial charge in [-0.1, -0.05) is 36.4 Å². The molecule has 3 aromatic carbocycles. The van der Waals surface area contributed by atoms with Crippen molar-refractivity contribution < 1.29 is 13.2 Å². The van der Waals surface area contributed by atoms with E-state index in [9.17, 15) is 13.2 Å². The summed E-state index contributed by atoms with van der Waals surface area (Å²) < 4.78 is 29.2. The molecule has 37 heavy (non-hydrogen) atoms. The van der Waals surface area contributed by atoms with Crippen LogP contribution in [0.15, 0.2) is 83.8 Å². The number of nitrogens with zero attached hydrogens (tertiary/aromatic N) is 1. The summed E-state index contributed by atoms with van der Waals surface area (Å²) in [6, 6.07) is 22.8. The fraction of sp³-hybridized carbons (Fsp3) is 0.143. The number of nitrogens with one attached hydrogen (secondary N) is 2. The van der Waals surface area contributed by atoms with Gasteiger partial charge in [-0.25, -0.2) is 13.4 Å². The first-order valence-electron chi connectivity index (χ1n) is 12.0. The first-order chi connectivity index (χ1) is 18.0. The summed E-state index contributed by atoms with van der Waals surface area (Å²) in [5, 5.41) is 4.83. The van der Waals surface area contributed by atoms with Gasteiger partial charge in [-0.15, -0.1) is 22.7 Å². The van der Waals surface area contributed by atoms with Crippen molar-refractivity contribution in [2.75, 3.05) is 10.0 Å². The minimum atomic E-state index is -3.76. The molecule has 0 fully saturated rings. The van der Waals surface area contributed by atoms with E-state index in [4.69, 9.17) is 4.98 Å². The normalized spacial score (nSPS) is 13.3. The number of thiazole rings is 1. The first-order valence-corrected chi connectivity index (χ1v) is 15.1. The predicted octanol–water partition coefficient (Wildman–Crippen LogP) is 6.96. The summed E-state index contributed by atoms with van der Waals surface area (Å²) >= 11 is 3.26. The van der Waals surface area contributed by atoms with E-state index in [0.29, 0.717) is 11.3 Å². The number of carbonyl (C=O) groups is 1. The zero-order valence-corrected chi connectivity index (χ0v) is 22.2. The molecule has 0 aliphatic heterocycles. The predicted molar refractivity (Wildman–Crippen MR) is 151 cm³/mol. The Morgan fingerprint density at radius 2 is 1.65 bits per heavy atom. The minimum absolute atomic E-state index is 0.162. The van der Waals surface area contributed by atoms with E-state index in [-0.39, 0.29) is 10.8 Å².